The first kappa shape index (κ1) is 11.3. The van der Waals surface area contributed by atoms with Gasteiger partial charge in [0.05, 0.1) is 11.2 Å². The zero-order valence-electron chi connectivity index (χ0n) is 9.58. The molecule has 1 aliphatic rings. The van der Waals surface area contributed by atoms with Gasteiger partial charge < -0.3 is 9.64 Å². The Kier molecular flexibility index (Phi) is 2.58. The van der Waals surface area contributed by atoms with Crippen LogP contribution < -0.4 is 9.64 Å². The summed E-state index contributed by atoms with van der Waals surface area (Å²) >= 11 is 5.92. The molecule has 0 saturated heterocycles. The zero-order chi connectivity index (χ0) is 11.9. The second-order valence-corrected chi connectivity index (χ2v) is 5.06. The van der Waals surface area contributed by atoms with Gasteiger partial charge in [-0.1, -0.05) is 11.6 Å². The highest BCUT2D eigenvalue weighted by Crippen LogP contribution is 2.40. The summed E-state index contributed by atoms with van der Waals surface area (Å²) in [5, 5.41) is 0.522. The van der Waals surface area contributed by atoms with E-state index in [1.165, 1.54) is 0 Å². The van der Waals surface area contributed by atoms with E-state index in [1.54, 1.807) is 12.1 Å². The Morgan fingerprint density at radius 3 is 2.81 bits per heavy atom. The molecule has 0 N–H and O–H groups in total. The molecule has 0 amide bonds. The molecule has 4 heteroatoms. The van der Waals surface area contributed by atoms with Crippen LogP contribution >= 0.6 is 11.6 Å². The van der Waals surface area contributed by atoms with Gasteiger partial charge >= 0.3 is 0 Å². The van der Waals surface area contributed by atoms with Gasteiger partial charge in [-0.05, 0) is 19.9 Å². The minimum atomic E-state index is -0.126. The van der Waals surface area contributed by atoms with Gasteiger partial charge in [0.1, 0.15) is 12.4 Å². The van der Waals surface area contributed by atoms with Crippen LogP contribution in [0, 0.1) is 0 Å². The van der Waals surface area contributed by atoms with Crippen molar-refractivity contribution < 1.29 is 9.53 Å². The molecule has 0 spiro atoms. The van der Waals surface area contributed by atoms with E-state index in [1.807, 2.05) is 7.05 Å². The molecule has 16 heavy (non-hydrogen) atoms. The number of fused-ring (bicyclic) bond motifs is 1. The number of rotatable bonds is 1. The summed E-state index contributed by atoms with van der Waals surface area (Å²) in [6.07, 6.45) is 0.811. The van der Waals surface area contributed by atoms with Crippen molar-refractivity contribution in [2.75, 3.05) is 18.6 Å². The molecule has 1 aliphatic heterocycles. The summed E-state index contributed by atoms with van der Waals surface area (Å²) in [6.45, 7) is 4.72. The Morgan fingerprint density at radius 2 is 2.19 bits per heavy atom. The minimum absolute atomic E-state index is 0.126. The first-order valence-corrected chi connectivity index (χ1v) is 5.49. The topological polar surface area (TPSA) is 29.5 Å². The average Bonchev–Trinajstić information content (AvgIpc) is 2.23. The van der Waals surface area contributed by atoms with E-state index in [4.69, 9.17) is 16.3 Å². The second-order valence-electron chi connectivity index (χ2n) is 4.62. The standard InChI is InChI=1S/C12H14ClNO2/c1-12(2)7-16-10-5-9(13)4-8(6-15)11(10)14(12)3/h4-6H,7H2,1-3H3. The summed E-state index contributed by atoms with van der Waals surface area (Å²) in [4.78, 5) is 13.1. The van der Waals surface area contributed by atoms with Gasteiger partial charge in [-0.2, -0.15) is 0 Å². The normalized spacial score (nSPS) is 17.6. The van der Waals surface area contributed by atoms with Crippen LogP contribution in [0.1, 0.15) is 24.2 Å². The first-order chi connectivity index (χ1) is 7.45. The number of carbonyl (C=O) groups excluding carboxylic acids is 1. The molecule has 1 aromatic carbocycles. The van der Waals surface area contributed by atoms with Crippen molar-refractivity contribution in [2.24, 2.45) is 0 Å². The Morgan fingerprint density at radius 1 is 1.50 bits per heavy atom. The van der Waals surface area contributed by atoms with Crippen LogP contribution in [0.2, 0.25) is 5.02 Å². The van der Waals surface area contributed by atoms with Gasteiger partial charge in [-0.15, -0.1) is 0 Å². The molecule has 1 heterocycles. The SMILES string of the molecule is CN1c2c(C=O)cc(Cl)cc2OCC1(C)C. The van der Waals surface area contributed by atoms with E-state index < -0.39 is 0 Å². The van der Waals surface area contributed by atoms with E-state index in [2.05, 4.69) is 18.7 Å². The Labute approximate surface area is 100.0 Å². The molecule has 0 atom stereocenters. The van der Waals surface area contributed by atoms with Crippen LogP contribution in [0.4, 0.5) is 5.69 Å². The van der Waals surface area contributed by atoms with Gasteiger partial charge in [-0.25, -0.2) is 0 Å². The summed E-state index contributed by atoms with van der Waals surface area (Å²) in [6, 6.07) is 3.41. The third-order valence-electron chi connectivity index (χ3n) is 3.02. The molecule has 0 fully saturated rings. The highest BCUT2D eigenvalue weighted by molar-refractivity contribution is 6.31. The summed E-state index contributed by atoms with van der Waals surface area (Å²) < 4.78 is 5.65. The Balaban J connectivity index is 2.62. The maximum absolute atomic E-state index is 11.0. The fourth-order valence-corrected chi connectivity index (χ4v) is 2.02. The van der Waals surface area contributed by atoms with Crippen LogP contribution in [0.3, 0.4) is 0 Å². The largest absolute Gasteiger partial charge is 0.489 e. The molecule has 3 nitrogen and oxygen atoms in total. The smallest absolute Gasteiger partial charge is 0.152 e. The number of halogens is 1. The molecule has 0 saturated carbocycles. The van der Waals surface area contributed by atoms with E-state index >= 15 is 0 Å². The number of hydrogen-bond acceptors (Lipinski definition) is 3. The number of carbonyl (C=O) groups is 1. The van der Waals surface area contributed by atoms with Gasteiger partial charge in [-0.3, -0.25) is 4.79 Å². The predicted octanol–water partition coefficient (Wildman–Crippen LogP) is 2.76. The van der Waals surface area contributed by atoms with Crippen LogP contribution in [-0.4, -0.2) is 25.5 Å². The molecular formula is C12H14ClNO2. The van der Waals surface area contributed by atoms with Crippen LogP contribution in [0.5, 0.6) is 5.75 Å². The third-order valence-corrected chi connectivity index (χ3v) is 3.24. The zero-order valence-corrected chi connectivity index (χ0v) is 10.3. The van der Waals surface area contributed by atoms with Gasteiger partial charge in [0, 0.05) is 23.7 Å². The number of aldehydes is 1. The number of nitrogens with zero attached hydrogens (tertiary/aromatic N) is 1. The molecule has 0 unspecified atom stereocenters. The molecule has 0 aromatic heterocycles. The Hall–Kier alpha value is -1.22. The lowest BCUT2D eigenvalue weighted by Crippen LogP contribution is -2.49. The lowest BCUT2D eigenvalue weighted by molar-refractivity contribution is 0.112. The van der Waals surface area contributed by atoms with Crippen molar-refractivity contribution in [3.05, 3.63) is 22.7 Å². The highest BCUT2D eigenvalue weighted by atomic mass is 35.5. The number of ether oxygens (including phenoxy) is 1. The van der Waals surface area contributed by atoms with Crippen molar-refractivity contribution >= 4 is 23.6 Å². The summed E-state index contributed by atoms with van der Waals surface area (Å²) in [5.74, 6) is 0.677. The van der Waals surface area contributed by atoms with E-state index in [0.29, 0.717) is 22.9 Å². The van der Waals surface area contributed by atoms with Crippen LogP contribution in [0.15, 0.2) is 12.1 Å². The molecule has 86 valence electrons. The number of hydrogen-bond donors (Lipinski definition) is 0. The van der Waals surface area contributed by atoms with Gasteiger partial charge in [0.25, 0.3) is 0 Å². The van der Waals surface area contributed by atoms with Crippen molar-refractivity contribution in [2.45, 2.75) is 19.4 Å². The highest BCUT2D eigenvalue weighted by Gasteiger charge is 2.33. The number of anilines is 1. The van der Waals surface area contributed by atoms with Crippen molar-refractivity contribution in [1.82, 2.24) is 0 Å². The number of likely N-dealkylation sites (N-methyl/N-ethyl adjacent to an activating group) is 1. The van der Waals surface area contributed by atoms with Gasteiger partial charge in [0.2, 0.25) is 0 Å². The molecule has 0 radical (unpaired) electrons. The molecule has 2 rings (SSSR count). The minimum Gasteiger partial charge on any atom is -0.489 e. The van der Waals surface area contributed by atoms with E-state index in [0.717, 1.165) is 12.0 Å². The average molecular weight is 240 g/mol. The van der Waals surface area contributed by atoms with E-state index in [-0.39, 0.29) is 5.54 Å². The third kappa shape index (κ3) is 1.65. The maximum atomic E-state index is 11.0. The number of benzene rings is 1. The summed E-state index contributed by atoms with van der Waals surface area (Å²) in [7, 11) is 1.96. The lowest BCUT2D eigenvalue weighted by Gasteiger charge is -2.42. The van der Waals surface area contributed by atoms with Crippen molar-refractivity contribution in [3.63, 3.8) is 0 Å². The van der Waals surface area contributed by atoms with Crippen LogP contribution in [-0.2, 0) is 0 Å². The second kappa shape index (κ2) is 3.67. The van der Waals surface area contributed by atoms with Crippen molar-refractivity contribution in [3.8, 4) is 5.75 Å². The quantitative estimate of drug-likeness (QED) is 0.706. The Bertz CT molecular complexity index is 443. The lowest BCUT2D eigenvalue weighted by atomic mass is 9.99. The molecular weight excluding hydrogens is 226 g/mol. The van der Waals surface area contributed by atoms with E-state index in [9.17, 15) is 4.79 Å². The van der Waals surface area contributed by atoms with Crippen molar-refractivity contribution in [1.29, 1.82) is 0 Å². The maximum Gasteiger partial charge on any atom is 0.152 e. The monoisotopic (exact) mass is 239 g/mol. The van der Waals surface area contributed by atoms with Gasteiger partial charge in [0.15, 0.2) is 6.29 Å². The summed E-state index contributed by atoms with van der Waals surface area (Å²) in [5.41, 5.74) is 1.26. The van der Waals surface area contributed by atoms with Crippen LogP contribution in [0.25, 0.3) is 0 Å². The predicted molar refractivity (Wildman–Crippen MR) is 64.8 cm³/mol. The fourth-order valence-electron chi connectivity index (χ4n) is 1.81. The molecule has 0 aliphatic carbocycles. The molecule has 1 aromatic rings. The first-order valence-electron chi connectivity index (χ1n) is 5.11. The fraction of sp³-hybridized carbons (Fsp3) is 0.417. The molecule has 0 bridgehead atoms.